The van der Waals surface area contributed by atoms with E-state index in [1.54, 1.807) is 0 Å². The molecule has 0 fully saturated rings. The minimum absolute atomic E-state index is 0.540. The third-order valence-electron chi connectivity index (χ3n) is 4.40. The van der Waals surface area contributed by atoms with Gasteiger partial charge in [-0.2, -0.15) is 5.10 Å². The highest BCUT2D eigenvalue weighted by atomic mass is 15.3. The van der Waals surface area contributed by atoms with E-state index < -0.39 is 0 Å². The largest absolute Gasteiger partial charge is 0.356 e. The molecule has 1 atom stereocenters. The van der Waals surface area contributed by atoms with Crippen molar-refractivity contribution in [3.8, 4) is 0 Å². The van der Waals surface area contributed by atoms with Crippen LogP contribution in [0.4, 0.5) is 0 Å². The van der Waals surface area contributed by atoms with E-state index in [1.807, 2.05) is 14.0 Å². The summed E-state index contributed by atoms with van der Waals surface area (Å²) in [5, 5.41) is 11.3. The van der Waals surface area contributed by atoms with Gasteiger partial charge in [0.25, 0.3) is 0 Å². The van der Waals surface area contributed by atoms with Gasteiger partial charge in [0, 0.05) is 32.4 Å². The molecule has 136 valence electrons. The number of nitrogens with one attached hydrogen (secondary N) is 2. The maximum Gasteiger partial charge on any atom is 0.190 e. The Hall–Kier alpha value is -2.30. The molecule has 1 aromatic carbocycles. The zero-order chi connectivity index (χ0) is 18.1. The Morgan fingerprint density at radius 2 is 1.88 bits per heavy atom. The van der Waals surface area contributed by atoms with Gasteiger partial charge in [0.1, 0.15) is 0 Å². The van der Waals surface area contributed by atoms with Gasteiger partial charge in [-0.3, -0.25) is 9.67 Å². The SMILES string of the molecule is CN=C(NCCCn1nc(C)cc1C)NCCC(C)c1ccccc1. The molecule has 0 saturated carbocycles. The Bertz CT molecular complexity index is 660. The molecule has 2 rings (SSSR count). The molecule has 1 aromatic heterocycles. The molecule has 5 heteroatoms. The third kappa shape index (κ3) is 6.25. The van der Waals surface area contributed by atoms with Crippen molar-refractivity contribution in [2.75, 3.05) is 20.1 Å². The van der Waals surface area contributed by atoms with E-state index in [9.17, 15) is 0 Å². The summed E-state index contributed by atoms with van der Waals surface area (Å²) in [5.74, 6) is 1.41. The highest BCUT2D eigenvalue weighted by Gasteiger charge is 2.05. The van der Waals surface area contributed by atoms with Crippen LogP contribution in [-0.4, -0.2) is 35.9 Å². The predicted molar refractivity (Wildman–Crippen MR) is 105 cm³/mol. The molecule has 1 heterocycles. The Morgan fingerprint density at radius 3 is 2.52 bits per heavy atom. The first-order valence-electron chi connectivity index (χ1n) is 9.10. The molecule has 0 aliphatic heterocycles. The van der Waals surface area contributed by atoms with Gasteiger partial charge in [0.2, 0.25) is 0 Å². The fraction of sp³-hybridized carbons (Fsp3) is 0.500. The summed E-state index contributed by atoms with van der Waals surface area (Å²) in [6.45, 7) is 9.11. The molecule has 0 spiro atoms. The Kier molecular flexibility index (Phi) is 7.51. The zero-order valence-electron chi connectivity index (χ0n) is 15.9. The van der Waals surface area contributed by atoms with Crippen molar-refractivity contribution in [2.24, 2.45) is 4.99 Å². The average molecular weight is 342 g/mol. The van der Waals surface area contributed by atoms with E-state index >= 15 is 0 Å². The molecule has 0 aliphatic rings. The van der Waals surface area contributed by atoms with Gasteiger partial charge < -0.3 is 10.6 Å². The van der Waals surface area contributed by atoms with E-state index in [4.69, 9.17) is 0 Å². The van der Waals surface area contributed by atoms with E-state index in [2.05, 4.69) is 75.7 Å². The van der Waals surface area contributed by atoms with Gasteiger partial charge in [-0.05, 0) is 44.2 Å². The monoisotopic (exact) mass is 341 g/mol. The number of benzene rings is 1. The number of hydrogen-bond donors (Lipinski definition) is 2. The number of aliphatic imine (C=N–C) groups is 1. The first-order valence-corrected chi connectivity index (χ1v) is 9.10. The minimum atomic E-state index is 0.540. The molecule has 0 saturated heterocycles. The van der Waals surface area contributed by atoms with Crippen LogP contribution in [0.5, 0.6) is 0 Å². The number of aromatic nitrogens is 2. The van der Waals surface area contributed by atoms with Crippen molar-refractivity contribution in [1.29, 1.82) is 0 Å². The fourth-order valence-corrected chi connectivity index (χ4v) is 2.91. The summed E-state index contributed by atoms with van der Waals surface area (Å²) >= 11 is 0. The van der Waals surface area contributed by atoms with Crippen molar-refractivity contribution < 1.29 is 0 Å². The first kappa shape index (κ1) is 19.0. The molecule has 25 heavy (non-hydrogen) atoms. The first-order chi connectivity index (χ1) is 12.1. The summed E-state index contributed by atoms with van der Waals surface area (Å²) in [6, 6.07) is 12.8. The average Bonchev–Trinajstić information content (AvgIpc) is 2.95. The predicted octanol–water partition coefficient (Wildman–Crippen LogP) is 3.25. The lowest BCUT2D eigenvalue weighted by atomic mass is 9.98. The van der Waals surface area contributed by atoms with E-state index in [0.717, 1.165) is 44.1 Å². The third-order valence-corrected chi connectivity index (χ3v) is 4.40. The van der Waals surface area contributed by atoms with Crippen LogP contribution in [0.15, 0.2) is 41.4 Å². The van der Waals surface area contributed by atoms with Crippen LogP contribution < -0.4 is 10.6 Å². The number of guanidine groups is 1. The van der Waals surface area contributed by atoms with Crippen LogP contribution in [0, 0.1) is 13.8 Å². The van der Waals surface area contributed by atoms with Gasteiger partial charge >= 0.3 is 0 Å². The van der Waals surface area contributed by atoms with Crippen LogP contribution in [0.2, 0.25) is 0 Å². The molecule has 0 bridgehead atoms. The summed E-state index contributed by atoms with van der Waals surface area (Å²) in [6.07, 6.45) is 2.10. The second-order valence-electron chi connectivity index (χ2n) is 6.53. The summed E-state index contributed by atoms with van der Waals surface area (Å²) < 4.78 is 2.06. The van der Waals surface area contributed by atoms with Gasteiger partial charge in [-0.25, -0.2) is 0 Å². The van der Waals surface area contributed by atoms with Crippen LogP contribution in [-0.2, 0) is 6.54 Å². The van der Waals surface area contributed by atoms with Gasteiger partial charge in [0.15, 0.2) is 5.96 Å². The number of hydrogen-bond acceptors (Lipinski definition) is 2. The van der Waals surface area contributed by atoms with Crippen molar-refractivity contribution >= 4 is 5.96 Å². The molecular formula is C20H31N5. The van der Waals surface area contributed by atoms with Crippen molar-refractivity contribution in [2.45, 2.75) is 46.1 Å². The smallest absolute Gasteiger partial charge is 0.190 e. The highest BCUT2D eigenvalue weighted by Crippen LogP contribution is 2.17. The lowest BCUT2D eigenvalue weighted by molar-refractivity contribution is 0.554. The molecular weight excluding hydrogens is 310 g/mol. The van der Waals surface area contributed by atoms with E-state index in [1.165, 1.54) is 11.3 Å². The molecule has 0 radical (unpaired) electrons. The van der Waals surface area contributed by atoms with E-state index in [0.29, 0.717) is 5.92 Å². The van der Waals surface area contributed by atoms with Gasteiger partial charge in [0.05, 0.1) is 5.69 Å². The quantitative estimate of drug-likeness (QED) is 0.440. The molecule has 2 N–H and O–H groups in total. The number of nitrogens with zero attached hydrogens (tertiary/aromatic N) is 3. The van der Waals surface area contributed by atoms with E-state index in [-0.39, 0.29) is 0 Å². The van der Waals surface area contributed by atoms with Crippen molar-refractivity contribution in [3.05, 3.63) is 53.3 Å². The Labute approximate surface area is 151 Å². The molecule has 0 aliphatic carbocycles. The molecule has 2 aromatic rings. The second kappa shape index (κ2) is 9.87. The number of rotatable bonds is 8. The van der Waals surface area contributed by atoms with Crippen molar-refractivity contribution in [1.82, 2.24) is 20.4 Å². The van der Waals surface area contributed by atoms with Crippen molar-refractivity contribution in [3.63, 3.8) is 0 Å². The summed E-state index contributed by atoms with van der Waals surface area (Å²) in [4.78, 5) is 4.30. The molecule has 1 unspecified atom stereocenters. The van der Waals surface area contributed by atoms with Crippen LogP contribution >= 0.6 is 0 Å². The second-order valence-corrected chi connectivity index (χ2v) is 6.53. The topological polar surface area (TPSA) is 54.2 Å². The summed E-state index contributed by atoms with van der Waals surface area (Å²) in [7, 11) is 1.82. The maximum atomic E-state index is 4.49. The Morgan fingerprint density at radius 1 is 1.16 bits per heavy atom. The van der Waals surface area contributed by atoms with Gasteiger partial charge in [-0.15, -0.1) is 0 Å². The Balaban J connectivity index is 1.64. The van der Waals surface area contributed by atoms with Crippen LogP contribution in [0.25, 0.3) is 0 Å². The lowest BCUT2D eigenvalue weighted by Gasteiger charge is -2.15. The van der Waals surface area contributed by atoms with Gasteiger partial charge in [-0.1, -0.05) is 37.3 Å². The summed E-state index contributed by atoms with van der Waals surface area (Å²) in [5.41, 5.74) is 3.68. The zero-order valence-corrected chi connectivity index (χ0v) is 15.9. The molecule has 5 nitrogen and oxygen atoms in total. The maximum absolute atomic E-state index is 4.49. The number of aryl methyl sites for hydroxylation is 3. The highest BCUT2D eigenvalue weighted by molar-refractivity contribution is 5.79. The minimum Gasteiger partial charge on any atom is -0.356 e. The standard InChI is InChI=1S/C20H31N5/c1-16(19-9-6-5-7-10-19)11-13-23-20(21-4)22-12-8-14-25-18(3)15-17(2)24-25/h5-7,9-10,15-16H,8,11-14H2,1-4H3,(H2,21,22,23). The normalized spacial score (nSPS) is 12.9. The fourth-order valence-electron chi connectivity index (χ4n) is 2.91. The van der Waals surface area contributed by atoms with Crippen LogP contribution in [0.3, 0.4) is 0 Å². The van der Waals surface area contributed by atoms with Crippen LogP contribution in [0.1, 0.15) is 42.6 Å². The molecule has 0 amide bonds. The lowest BCUT2D eigenvalue weighted by Crippen LogP contribution is -2.38.